The highest BCUT2D eigenvalue weighted by atomic mass is 35.5. The third kappa shape index (κ3) is 9.46. The maximum absolute atomic E-state index is 11.9. The zero-order valence-electron chi connectivity index (χ0n) is 17.4. The van der Waals surface area contributed by atoms with Crippen molar-refractivity contribution in [3.05, 3.63) is 88.4 Å². The van der Waals surface area contributed by atoms with Crippen molar-refractivity contribution in [2.75, 3.05) is 26.4 Å². The lowest BCUT2D eigenvalue weighted by atomic mass is 10.2. The van der Waals surface area contributed by atoms with E-state index in [-0.39, 0.29) is 24.7 Å². The third-order valence-electron chi connectivity index (χ3n) is 3.89. The molecular weight excluding hydrogens is 475 g/mol. The average molecular weight is 499 g/mol. The van der Waals surface area contributed by atoms with Crippen molar-refractivity contribution in [3.63, 3.8) is 0 Å². The second-order valence-electron chi connectivity index (χ2n) is 6.42. The maximum Gasteiger partial charge on any atom is 0.297 e. The van der Waals surface area contributed by atoms with Crippen molar-refractivity contribution >= 4 is 33.3 Å². The highest BCUT2D eigenvalue weighted by Crippen LogP contribution is 2.17. The molecule has 0 fully saturated rings. The minimum Gasteiger partial charge on any atom is -0.491 e. The minimum absolute atomic E-state index is 0.0304. The molecule has 0 aliphatic heterocycles. The van der Waals surface area contributed by atoms with Gasteiger partial charge in [-0.1, -0.05) is 40.9 Å². The van der Waals surface area contributed by atoms with Gasteiger partial charge in [0.15, 0.2) is 0 Å². The fraction of sp³-hybridized carbons (Fsp3) is 0.217. The molecule has 0 aliphatic rings. The topological polar surface area (TPSA) is 82.1 Å². The van der Waals surface area contributed by atoms with Crippen LogP contribution in [0.3, 0.4) is 0 Å². The largest absolute Gasteiger partial charge is 0.491 e. The highest BCUT2D eigenvalue weighted by molar-refractivity contribution is 7.86. The molecule has 0 radical (unpaired) electrons. The van der Waals surface area contributed by atoms with E-state index >= 15 is 0 Å². The van der Waals surface area contributed by atoms with Crippen LogP contribution in [0.2, 0.25) is 10.0 Å². The Kier molecular flexibility index (Phi) is 10.8. The summed E-state index contributed by atoms with van der Waals surface area (Å²) in [5, 5.41) is 9.72. The van der Waals surface area contributed by atoms with Crippen LogP contribution in [0.5, 0.6) is 11.5 Å². The molecule has 3 rings (SSSR count). The van der Waals surface area contributed by atoms with Gasteiger partial charge in [0.2, 0.25) is 0 Å². The number of hydrogen-bond donors (Lipinski definition) is 1. The van der Waals surface area contributed by atoms with Crippen LogP contribution >= 0.6 is 23.2 Å². The van der Waals surface area contributed by atoms with Crippen molar-refractivity contribution < 1.29 is 27.2 Å². The molecule has 0 aromatic heterocycles. The molecule has 0 amide bonds. The molecule has 0 spiro atoms. The second-order valence-corrected chi connectivity index (χ2v) is 8.91. The second kappa shape index (κ2) is 13.3. The number of rotatable bonds is 9. The van der Waals surface area contributed by atoms with Crippen LogP contribution in [0.15, 0.2) is 77.7 Å². The van der Waals surface area contributed by atoms with Crippen LogP contribution in [0.25, 0.3) is 0 Å². The Hall–Kier alpha value is -2.29. The molecule has 0 atom stereocenters. The quantitative estimate of drug-likeness (QED) is 0.324. The zero-order chi connectivity index (χ0) is 23.4. The minimum atomic E-state index is -3.74. The summed E-state index contributed by atoms with van der Waals surface area (Å²) in [5.41, 5.74) is 0.986. The van der Waals surface area contributed by atoms with E-state index in [1.807, 2.05) is 6.92 Å². The number of aryl methyl sites for hydroxylation is 1. The number of aliphatic hydroxyl groups excluding tert-OH is 1. The SMILES string of the molecule is Cc1ccc(S(=O)(=O)OCCOc2ccc(Cl)cc2)cc1.OCCOc1ccc(Cl)cc1. The van der Waals surface area contributed by atoms with Gasteiger partial charge in [-0.15, -0.1) is 0 Å². The van der Waals surface area contributed by atoms with Crippen molar-refractivity contribution in [2.45, 2.75) is 11.8 Å². The van der Waals surface area contributed by atoms with Crippen LogP contribution in [-0.2, 0) is 14.3 Å². The summed E-state index contributed by atoms with van der Waals surface area (Å²) in [5.74, 6) is 1.33. The molecule has 0 heterocycles. The van der Waals surface area contributed by atoms with E-state index in [4.69, 9.17) is 42.0 Å². The van der Waals surface area contributed by atoms with Crippen LogP contribution < -0.4 is 9.47 Å². The first-order valence-corrected chi connectivity index (χ1v) is 11.8. The van der Waals surface area contributed by atoms with Crippen LogP contribution in [-0.4, -0.2) is 40.0 Å². The number of halogens is 2. The Bertz CT molecular complexity index is 1040. The fourth-order valence-electron chi connectivity index (χ4n) is 2.30. The van der Waals surface area contributed by atoms with Crippen LogP contribution in [0.4, 0.5) is 0 Å². The Morgan fingerprint density at radius 1 is 0.719 bits per heavy atom. The fourth-order valence-corrected chi connectivity index (χ4v) is 3.45. The zero-order valence-corrected chi connectivity index (χ0v) is 19.7. The van der Waals surface area contributed by atoms with Gasteiger partial charge in [-0.2, -0.15) is 8.42 Å². The van der Waals surface area contributed by atoms with Gasteiger partial charge in [-0.25, -0.2) is 0 Å². The molecule has 3 aromatic carbocycles. The van der Waals surface area contributed by atoms with Crippen LogP contribution in [0.1, 0.15) is 5.56 Å². The average Bonchev–Trinajstić information content (AvgIpc) is 2.78. The number of benzene rings is 3. The monoisotopic (exact) mass is 498 g/mol. The Labute approximate surface area is 198 Å². The molecule has 32 heavy (non-hydrogen) atoms. The summed E-state index contributed by atoms with van der Waals surface area (Å²) in [6.07, 6.45) is 0. The number of hydrogen-bond acceptors (Lipinski definition) is 6. The van der Waals surface area contributed by atoms with Gasteiger partial charge in [-0.3, -0.25) is 4.18 Å². The van der Waals surface area contributed by atoms with Gasteiger partial charge >= 0.3 is 0 Å². The summed E-state index contributed by atoms with van der Waals surface area (Å²) < 4.78 is 39.2. The van der Waals surface area contributed by atoms with Crippen LogP contribution in [0, 0.1) is 6.92 Å². The molecule has 1 N–H and O–H groups in total. The van der Waals surface area contributed by atoms with E-state index in [1.54, 1.807) is 60.7 Å². The van der Waals surface area contributed by atoms with E-state index in [0.29, 0.717) is 22.4 Å². The lowest BCUT2D eigenvalue weighted by Gasteiger charge is -2.08. The smallest absolute Gasteiger partial charge is 0.297 e. The van der Waals surface area contributed by atoms with E-state index < -0.39 is 10.1 Å². The summed E-state index contributed by atoms with van der Waals surface area (Å²) in [6.45, 7) is 2.31. The molecule has 172 valence electrons. The first kappa shape index (κ1) is 26.0. The van der Waals surface area contributed by atoms with Gasteiger partial charge in [0.1, 0.15) is 31.3 Å². The lowest BCUT2D eigenvalue weighted by Crippen LogP contribution is -2.13. The molecule has 0 saturated carbocycles. The predicted octanol–water partition coefficient (Wildman–Crippen LogP) is 5.14. The van der Waals surface area contributed by atoms with Crippen molar-refractivity contribution in [2.24, 2.45) is 0 Å². The standard InChI is InChI=1S/C15H15ClO4S.C8H9ClO2/c1-12-2-8-15(9-3-12)21(17,18)20-11-10-19-14-6-4-13(16)5-7-14;9-7-1-3-8(4-2-7)11-6-5-10/h2-9H,10-11H2,1H3;1-4,10H,5-6H2. The number of ether oxygens (including phenoxy) is 2. The molecule has 0 aliphatic carbocycles. The molecule has 0 saturated heterocycles. The Morgan fingerprint density at radius 3 is 1.66 bits per heavy atom. The van der Waals surface area contributed by atoms with Gasteiger partial charge in [-0.05, 0) is 67.6 Å². The predicted molar refractivity (Wildman–Crippen MR) is 125 cm³/mol. The molecule has 0 bridgehead atoms. The third-order valence-corrected chi connectivity index (χ3v) is 5.72. The van der Waals surface area contributed by atoms with Crippen molar-refractivity contribution in [1.29, 1.82) is 0 Å². The Balaban J connectivity index is 0.000000278. The van der Waals surface area contributed by atoms with Crippen molar-refractivity contribution in [1.82, 2.24) is 0 Å². The summed E-state index contributed by atoms with van der Waals surface area (Å²) in [7, 11) is -3.74. The van der Waals surface area contributed by atoms with E-state index in [9.17, 15) is 8.42 Å². The lowest BCUT2D eigenvalue weighted by molar-refractivity contribution is 0.201. The summed E-state index contributed by atoms with van der Waals surface area (Å²) in [6, 6.07) is 20.3. The Morgan fingerprint density at radius 2 is 1.19 bits per heavy atom. The highest BCUT2D eigenvalue weighted by Gasteiger charge is 2.14. The molecule has 3 aromatic rings. The van der Waals surface area contributed by atoms with E-state index in [1.165, 1.54) is 12.1 Å². The molecular formula is C23H24Cl2O6S. The van der Waals surface area contributed by atoms with Gasteiger partial charge in [0.25, 0.3) is 10.1 Å². The molecule has 9 heteroatoms. The summed E-state index contributed by atoms with van der Waals surface area (Å²) >= 11 is 11.4. The van der Waals surface area contributed by atoms with E-state index in [2.05, 4.69) is 0 Å². The number of aliphatic hydroxyl groups is 1. The first-order valence-electron chi connectivity index (χ1n) is 9.64. The van der Waals surface area contributed by atoms with Gasteiger partial charge in [0, 0.05) is 10.0 Å². The molecule has 6 nitrogen and oxygen atoms in total. The van der Waals surface area contributed by atoms with Gasteiger partial charge in [0.05, 0.1) is 11.5 Å². The van der Waals surface area contributed by atoms with Gasteiger partial charge < -0.3 is 14.6 Å². The molecule has 0 unspecified atom stereocenters. The normalized spacial score (nSPS) is 10.8. The summed E-state index contributed by atoms with van der Waals surface area (Å²) in [4.78, 5) is 0.139. The van der Waals surface area contributed by atoms with Crippen molar-refractivity contribution in [3.8, 4) is 11.5 Å². The first-order chi connectivity index (χ1) is 15.3. The van der Waals surface area contributed by atoms with E-state index in [0.717, 1.165) is 11.3 Å². The maximum atomic E-state index is 11.9.